The summed E-state index contributed by atoms with van der Waals surface area (Å²) in [5.41, 5.74) is 1.19. The Balaban J connectivity index is 1.92. The number of hydrogen-bond donors (Lipinski definition) is 0. The molecule has 0 heterocycles. The third-order valence-corrected chi connectivity index (χ3v) is 3.19. The van der Waals surface area contributed by atoms with Crippen molar-refractivity contribution in [2.24, 2.45) is 0 Å². The lowest BCUT2D eigenvalue weighted by Crippen LogP contribution is -2.28. The molecule has 0 bridgehead atoms. The summed E-state index contributed by atoms with van der Waals surface area (Å²) in [6.07, 6.45) is 0. The number of halogens is 1. The third-order valence-electron chi connectivity index (χ3n) is 3.19. The lowest BCUT2D eigenvalue weighted by molar-refractivity contribution is 0.324. The molecule has 0 atom stereocenters. The second-order valence-electron chi connectivity index (χ2n) is 4.52. The molecule has 2 rings (SSSR count). The van der Waals surface area contributed by atoms with Gasteiger partial charge in [0.2, 0.25) is 0 Å². The van der Waals surface area contributed by atoms with E-state index in [1.165, 1.54) is 6.07 Å². The molecule has 0 unspecified atom stereocenters. The van der Waals surface area contributed by atoms with Gasteiger partial charge in [-0.2, -0.15) is 5.26 Å². The van der Waals surface area contributed by atoms with Crippen molar-refractivity contribution >= 4 is 5.69 Å². The average Bonchev–Trinajstić information content (AvgIpc) is 2.53. The zero-order chi connectivity index (χ0) is 15.1. The number of hydrogen-bond acceptors (Lipinski definition) is 3. The zero-order valence-corrected chi connectivity index (χ0v) is 11.9. The van der Waals surface area contributed by atoms with Crippen LogP contribution in [-0.2, 0) is 0 Å². The van der Waals surface area contributed by atoms with Crippen molar-refractivity contribution in [3.05, 3.63) is 59.9 Å². The molecule has 21 heavy (non-hydrogen) atoms. The Kier molecular flexibility index (Phi) is 5.16. The van der Waals surface area contributed by atoms with Crippen LogP contribution in [0.5, 0.6) is 5.75 Å². The van der Waals surface area contributed by atoms with E-state index in [1.807, 2.05) is 17.9 Å². The molecule has 4 heteroatoms. The van der Waals surface area contributed by atoms with Crippen LogP contribution < -0.4 is 9.64 Å². The molecule has 0 N–H and O–H groups in total. The summed E-state index contributed by atoms with van der Waals surface area (Å²) in [7, 11) is 0. The van der Waals surface area contributed by atoms with E-state index in [9.17, 15) is 4.39 Å². The monoisotopic (exact) mass is 284 g/mol. The van der Waals surface area contributed by atoms with E-state index in [-0.39, 0.29) is 5.82 Å². The fourth-order valence-corrected chi connectivity index (χ4v) is 2.06. The molecule has 0 aliphatic heterocycles. The van der Waals surface area contributed by atoms with Crippen molar-refractivity contribution in [2.75, 3.05) is 24.6 Å². The van der Waals surface area contributed by atoms with Crippen molar-refractivity contribution < 1.29 is 9.13 Å². The van der Waals surface area contributed by atoms with Crippen molar-refractivity contribution in [1.82, 2.24) is 0 Å². The summed E-state index contributed by atoms with van der Waals surface area (Å²) in [6, 6.07) is 15.7. The zero-order valence-electron chi connectivity index (χ0n) is 11.9. The van der Waals surface area contributed by atoms with Gasteiger partial charge in [0.15, 0.2) is 0 Å². The summed E-state index contributed by atoms with van der Waals surface area (Å²) in [5.74, 6) is 0.483. The molecule has 0 amide bonds. The fraction of sp³-hybridized carbons (Fsp3) is 0.235. The highest BCUT2D eigenvalue weighted by atomic mass is 19.1. The molecule has 0 saturated carbocycles. The number of benzene rings is 2. The standard InChI is InChI=1S/C17H17FN2O/c1-2-20(17-6-4-3-5-16(17)18)11-12-21-15-9-7-14(13-19)8-10-15/h3-10H,2,11-12H2,1H3. The highest BCUT2D eigenvalue weighted by Crippen LogP contribution is 2.18. The molecular formula is C17H17FN2O. The molecule has 2 aromatic rings. The Hall–Kier alpha value is -2.54. The molecule has 0 aromatic heterocycles. The lowest BCUT2D eigenvalue weighted by Gasteiger charge is -2.23. The van der Waals surface area contributed by atoms with E-state index in [0.717, 1.165) is 0 Å². The van der Waals surface area contributed by atoms with Crippen LogP contribution in [-0.4, -0.2) is 19.7 Å². The van der Waals surface area contributed by atoms with E-state index in [0.29, 0.717) is 36.7 Å². The van der Waals surface area contributed by atoms with E-state index in [1.54, 1.807) is 36.4 Å². The van der Waals surface area contributed by atoms with Gasteiger partial charge in [-0.15, -0.1) is 0 Å². The topological polar surface area (TPSA) is 36.3 Å². The minimum absolute atomic E-state index is 0.224. The number of nitriles is 1. The van der Waals surface area contributed by atoms with E-state index in [4.69, 9.17) is 10.00 Å². The Morgan fingerprint density at radius 1 is 1.14 bits per heavy atom. The van der Waals surface area contributed by atoms with Gasteiger partial charge in [-0.3, -0.25) is 0 Å². The maximum absolute atomic E-state index is 13.7. The normalized spacial score (nSPS) is 9.95. The van der Waals surface area contributed by atoms with Gasteiger partial charge in [-0.1, -0.05) is 12.1 Å². The number of rotatable bonds is 6. The van der Waals surface area contributed by atoms with Gasteiger partial charge in [0.25, 0.3) is 0 Å². The van der Waals surface area contributed by atoms with Crippen molar-refractivity contribution in [3.8, 4) is 11.8 Å². The molecule has 0 aliphatic carbocycles. The summed E-state index contributed by atoms with van der Waals surface area (Å²) in [5, 5.41) is 8.73. The Labute approximate surface area is 124 Å². The molecule has 0 aliphatic rings. The van der Waals surface area contributed by atoms with Gasteiger partial charge in [0.05, 0.1) is 23.9 Å². The highest BCUT2D eigenvalue weighted by molar-refractivity contribution is 5.47. The minimum Gasteiger partial charge on any atom is -0.492 e. The molecule has 0 saturated heterocycles. The van der Waals surface area contributed by atoms with Gasteiger partial charge in [-0.25, -0.2) is 4.39 Å². The van der Waals surface area contributed by atoms with E-state index < -0.39 is 0 Å². The Morgan fingerprint density at radius 3 is 2.48 bits per heavy atom. The second kappa shape index (κ2) is 7.30. The van der Waals surface area contributed by atoms with Crippen LogP contribution in [0.2, 0.25) is 0 Å². The van der Waals surface area contributed by atoms with E-state index in [2.05, 4.69) is 6.07 Å². The lowest BCUT2D eigenvalue weighted by atomic mass is 10.2. The Bertz CT molecular complexity index is 619. The molecule has 108 valence electrons. The third kappa shape index (κ3) is 3.96. The van der Waals surface area contributed by atoms with Gasteiger partial charge in [-0.05, 0) is 43.3 Å². The number of ether oxygens (including phenoxy) is 1. The highest BCUT2D eigenvalue weighted by Gasteiger charge is 2.09. The minimum atomic E-state index is -0.224. The first-order valence-electron chi connectivity index (χ1n) is 6.87. The number of nitrogens with zero attached hydrogens (tertiary/aromatic N) is 2. The Morgan fingerprint density at radius 2 is 1.86 bits per heavy atom. The van der Waals surface area contributed by atoms with E-state index >= 15 is 0 Å². The molecule has 0 radical (unpaired) electrons. The van der Waals surface area contributed by atoms with Crippen LogP contribution in [0, 0.1) is 17.1 Å². The van der Waals surface area contributed by atoms with Crippen LogP contribution >= 0.6 is 0 Å². The largest absolute Gasteiger partial charge is 0.492 e. The van der Waals surface area contributed by atoms with Crippen LogP contribution in [0.3, 0.4) is 0 Å². The smallest absolute Gasteiger partial charge is 0.146 e. The fourth-order valence-electron chi connectivity index (χ4n) is 2.06. The van der Waals surface area contributed by atoms with Crippen molar-refractivity contribution in [1.29, 1.82) is 5.26 Å². The summed E-state index contributed by atoms with van der Waals surface area (Å²) >= 11 is 0. The van der Waals surface area contributed by atoms with Crippen LogP contribution in [0.1, 0.15) is 12.5 Å². The predicted octanol–water partition coefficient (Wildman–Crippen LogP) is 3.60. The van der Waals surface area contributed by atoms with Gasteiger partial charge < -0.3 is 9.64 Å². The summed E-state index contributed by atoms with van der Waals surface area (Å²) in [6.45, 7) is 3.73. The first-order chi connectivity index (χ1) is 10.2. The number of likely N-dealkylation sites (N-methyl/N-ethyl adjacent to an activating group) is 1. The quantitative estimate of drug-likeness (QED) is 0.813. The first-order valence-corrected chi connectivity index (χ1v) is 6.87. The van der Waals surface area contributed by atoms with Gasteiger partial charge in [0.1, 0.15) is 18.2 Å². The molecular weight excluding hydrogens is 267 g/mol. The molecule has 0 fully saturated rings. The average molecular weight is 284 g/mol. The van der Waals surface area contributed by atoms with Crippen LogP contribution in [0.25, 0.3) is 0 Å². The van der Waals surface area contributed by atoms with Gasteiger partial charge >= 0.3 is 0 Å². The molecule has 3 nitrogen and oxygen atoms in total. The van der Waals surface area contributed by atoms with Crippen molar-refractivity contribution in [3.63, 3.8) is 0 Å². The van der Waals surface area contributed by atoms with Gasteiger partial charge in [0, 0.05) is 6.54 Å². The SMILES string of the molecule is CCN(CCOc1ccc(C#N)cc1)c1ccccc1F. The molecule has 2 aromatic carbocycles. The number of para-hydroxylation sites is 1. The molecule has 0 spiro atoms. The second-order valence-corrected chi connectivity index (χ2v) is 4.52. The number of anilines is 1. The first kappa shape index (κ1) is 14.9. The maximum Gasteiger partial charge on any atom is 0.146 e. The van der Waals surface area contributed by atoms with Crippen LogP contribution in [0.4, 0.5) is 10.1 Å². The predicted molar refractivity (Wildman–Crippen MR) is 80.9 cm³/mol. The van der Waals surface area contributed by atoms with Crippen LogP contribution in [0.15, 0.2) is 48.5 Å². The maximum atomic E-state index is 13.7. The van der Waals surface area contributed by atoms with Crippen molar-refractivity contribution in [2.45, 2.75) is 6.92 Å². The summed E-state index contributed by atoms with van der Waals surface area (Å²) < 4.78 is 19.4. The summed E-state index contributed by atoms with van der Waals surface area (Å²) in [4.78, 5) is 1.93.